The molecule has 2 fully saturated rings. The summed E-state index contributed by atoms with van der Waals surface area (Å²) in [6.45, 7) is 5.68. The van der Waals surface area contributed by atoms with Gasteiger partial charge in [0.1, 0.15) is 17.4 Å². The van der Waals surface area contributed by atoms with E-state index in [4.69, 9.17) is 9.72 Å². The van der Waals surface area contributed by atoms with Crippen LogP contribution in [0.15, 0.2) is 24.3 Å². The molecule has 2 aromatic rings. The number of aromatic nitrogens is 2. The lowest BCUT2D eigenvalue weighted by atomic mass is 10.0. The molecule has 3 aliphatic rings. The van der Waals surface area contributed by atoms with Gasteiger partial charge >= 0.3 is 0 Å². The number of amides is 1. The van der Waals surface area contributed by atoms with Gasteiger partial charge in [-0.05, 0) is 32.3 Å². The number of methoxy groups -OCH3 is 1. The Morgan fingerprint density at radius 3 is 2.62 bits per heavy atom. The van der Waals surface area contributed by atoms with Gasteiger partial charge < -0.3 is 14.5 Å². The summed E-state index contributed by atoms with van der Waals surface area (Å²) in [6, 6.07) is 7.80. The number of aryl methyl sites for hydroxylation is 2. The molecular formula is C23H28N4O2. The van der Waals surface area contributed by atoms with E-state index in [0.717, 1.165) is 62.0 Å². The van der Waals surface area contributed by atoms with Gasteiger partial charge in [-0.15, -0.1) is 0 Å². The average molecular weight is 393 g/mol. The number of carbonyl (C=O) groups excluding carboxylic acids is 1. The van der Waals surface area contributed by atoms with Crippen LogP contribution >= 0.6 is 0 Å². The molecule has 5 rings (SSSR count). The summed E-state index contributed by atoms with van der Waals surface area (Å²) in [5, 5.41) is 0. The van der Waals surface area contributed by atoms with Crippen molar-refractivity contribution in [3.8, 4) is 5.75 Å². The van der Waals surface area contributed by atoms with Crippen molar-refractivity contribution in [2.75, 3.05) is 38.2 Å². The van der Waals surface area contributed by atoms with E-state index in [1.807, 2.05) is 31.2 Å². The summed E-state index contributed by atoms with van der Waals surface area (Å²) in [5.74, 6) is 4.10. The second-order valence-electron chi connectivity index (χ2n) is 8.59. The molecule has 1 aliphatic carbocycles. The molecule has 2 unspecified atom stereocenters. The molecule has 3 heterocycles. The molecule has 1 amide bonds. The van der Waals surface area contributed by atoms with Crippen molar-refractivity contribution in [1.82, 2.24) is 14.9 Å². The van der Waals surface area contributed by atoms with Crippen LogP contribution in [0.2, 0.25) is 0 Å². The fraction of sp³-hybridized carbons (Fsp3) is 0.522. The second kappa shape index (κ2) is 7.32. The number of likely N-dealkylation sites (tertiary alicyclic amines) is 1. The van der Waals surface area contributed by atoms with E-state index < -0.39 is 0 Å². The van der Waals surface area contributed by atoms with E-state index in [0.29, 0.717) is 18.3 Å². The van der Waals surface area contributed by atoms with Crippen LogP contribution in [0.5, 0.6) is 5.75 Å². The Morgan fingerprint density at radius 2 is 1.86 bits per heavy atom. The first kappa shape index (κ1) is 18.4. The van der Waals surface area contributed by atoms with Gasteiger partial charge in [0.2, 0.25) is 5.91 Å². The number of nitrogens with zero attached hydrogens (tertiary/aromatic N) is 4. The van der Waals surface area contributed by atoms with Gasteiger partial charge in [-0.2, -0.15) is 0 Å². The van der Waals surface area contributed by atoms with Crippen LogP contribution in [-0.2, 0) is 24.1 Å². The summed E-state index contributed by atoms with van der Waals surface area (Å²) >= 11 is 0. The third-order valence-electron chi connectivity index (χ3n) is 6.70. The number of rotatable bonds is 4. The number of hydrogen-bond donors (Lipinski definition) is 0. The zero-order chi connectivity index (χ0) is 20.0. The fourth-order valence-electron chi connectivity index (χ4n) is 5.29. The van der Waals surface area contributed by atoms with Crippen LogP contribution in [0.25, 0.3) is 0 Å². The first-order valence-electron chi connectivity index (χ1n) is 10.6. The molecule has 2 aliphatic heterocycles. The summed E-state index contributed by atoms with van der Waals surface area (Å²) in [7, 11) is 1.66. The Hall–Kier alpha value is -2.63. The normalized spacial score (nSPS) is 22.7. The van der Waals surface area contributed by atoms with Gasteiger partial charge in [0.25, 0.3) is 0 Å². The highest BCUT2D eigenvalue weighted by molar-refractivity contribution is 5.80. The van der Waals surface area contributed by atoms with Crippen LogP contribution in [0.3, 0.4) is 0 Å². The highest BCUT2D eigenvalue weighted by atomic mass is 16.5. The second-order valence-corrected chi connectivity index (χ2v) is 8.59. The summed E-state index contributed by atoms with van der Waals surface area (Å²) in [5.41, 5.74) is 3.57. The van der Waals surface area contributed by atoms with Gasteiger partial charge in [-0.3, -0.25) is 4.79 Å². The van der Waals surface area contributed by atoms with E-state index in [9.17, 15) is 4.79 Å². The average Bonchev–Trinajstić information content (AvgIpc) is 3.42. The molecule has 6 nitrogen and oxygen atoms in total. The predicted molar refractivity (Wildman–Crippen MR) is 111 cm³/mol. The third kappa shape index (κ3) is 3.34. The third-order valence-corrected chi connectivity index (χ3v) is 6.70. The first-order chi connectivity index (χ1) is 14.1. The Balaban J connectivity index is 1.25. The van der Waals surface area contributed by atoms with Gasteiger partial charge in [0.05, 0.1) is 13.5 Å². The largest absolute Gasteiger partial charge is 0.496 e. The minimum absolute atomic E-state index is 0.203. The Morgan fingerprint density at radius 1 is 1.10 bits per heavy atom. The van der Waals surface area contributed by atoms with Crippen molar-refractivity contribution in [2.45, 2.75) is 32.6 Å². The summed E-state index contributed by atoms with van der Waals surface area (Å²) in [6.07, 6.45) is 3.77. The quantitative estimate of drug-likeness (QED) is 0.800. The minimum Gasteiger partial charge on any atom is -0.496 e. The lowest BCUT2D eigenvalue weighted by Crippen LogP contribution is -2.34. The van der Waals surface area contributed by atoms with Crippen molar-refractivity contribution in [1.29, 1.82) is 0 Å². The smallest absolute Gasteiger partial charge is 0.227 e. The van der Waals surface area contributed by atoms with Gasteiger partial charge in [0.15, 0.2) is 0 Å². The molecule has 2 atom stereocenters. The van der Waals surface area contributed by atoms with Gasteiger partial charge in [-0.25, -0.2) is 9.97 Å². The molecule has 6 heteroatoms. The predicted octanol–water partition coefficient (Wildman–Crippen LogP) is 2.42. The van der Waals surface area contributed by atoms with E-state index >= 15 is 0 Å². The molecule has 1 aromatic carbocycles. The van der Waals surface area contributed by atoms with E-state index in [1.165, 1.54) is 17.7 Å². The van der Waals surface area contributed by atoms with Gasteiger partial charge in [0, 0.05) is 54.8 Å². The van der Waals surface area contributed by atoms with E-state index in [1.54, 1.807) is 7.11 Å². The molecule has 2 saturated heterocycles. The number of para-hydroxylation sites is 1. The van der Waals surface area contributed by atoms with Crippen molar-refractivity contribution in [2.24, 2.45) is 11.8 Å². The van der Waals surface area contributed by atoms with Gasteiger partial charge in [-0.1, -0.05) is 18.2 Å². The molecule has 1 aromatic heterocycles. The number of hydrogen-bond acceptors (Lipinski definition) is 5. The zero-order valence-electron chi connectivity index (χ0n) is 17.2. The highest BCUT2D eigenvalue weighted by Crippen LogP contribution is 2.37. The monoisotopic (exact) mass is 392 g/mol. The lowest BCUT2D eigenvalue weighted by molar-refractivity contribution is -0.129. The summed E-state index contributed by atoms with van der Waals surface area (Å²) < 4.78 is 5.40. The molecular weight excluding hydrogens is 364 g/mol. The summed E-state index contributed by atoms with van der Waals surface area (Å²) in [4.78, 5) is 26.9. The SMILES string of the molecule is COc1ccccc1CC(=O)N1CC2CN(c3nc(C)nc4c3CCC4)CC2C1. The first-order valence-corrected chi connectivity index (χ1v) is 10.6. The zero-order valence-corrected chi connectivity index (χ0v) is 17.2. The maximum absolute atomic E-state index is 12.9. The van der Waals surface area contributed by atoms with Crippen LogP contribution < -0.4 is 9.64 Å². The number of ether oxygens (including phenoxy) is 1. The van der Waals surface area contributed by atoms with Crippen LogP contribution in [-0.4, -0.2) is 54.1 Å². The van der Waals surface area contributed by atoms with Crippen molar-refractivity contribution in [3.05, 3.63) is 46.9 Å². The van der Waals surface area contributed by atoms with E-state index in [2.05, 4.69) is 14.8 Å². The van der Waals surface area contributed by atoms with Crippen LogP contribution in [0.1, 0.15) is 29.1 Å². The Kier molecular flexibility index (Phi) is 4.64. The Bertz CT molecular complexity index is 930. The topological polar surface area (TPSA) is 58.6 Å². The van der Waals surface area contributed by atoms with Crippen LogP contribution in [0.4, 0.5) is 5.82 Å². The number of benzene rings is 1. The maximum atomic E-state index is 12.9. The molecule has 0 radical (unpaired) electrons. The minimum atomic E-state index is 0.203. The van der Waals surface area contributed by atoms with Crippen LogP contribution in [0, 0.1) is 18.8 Å². The number of carbonyl (C=O) groups is 1. The Labute approximate surface area is 171 Å². The fourth-order valence-corrected chi connectivity index (χ4v) is 5.29. The van der Waals surface area contributed by atoms with Crippen molar-refractivity contribution >= 4 is 11.7 Å². The lowest BCUT2D eigenvalue weighted by Gasteiger charge is -2.24. The highest BCUT2D eigenvalue weighted by Gasteiger charge is 2.42. The molecule has 0 saturated carbocycles. The number of fused-ring (bicyclic) bond motifs is 2. The van der Waals surface area contributed by atoms with Crippen molar-refractivity contribution < 1.29 is 9.53 Å². The van der Waals surface area contributed by atoms with E-state index in [-0.39, 0.29) is 5.91 Å². The molecule has 0 spiro atoms. The molecule has 0 N–H and O–H groups in total. The molecule has 152 valence electrons. The standard InChI is InChI=1S/C23H28N4O2/c1-15-24-20-8-5-7-19(20)23(25-15)27-13-17-11-26(12-18(17)14-27)22(28)10-16-6-3-4-9-21(16)29-2/h3-4,6,9,17-18H,5,7-8,10-14H2,1-2H3. The van der Waals surface area contributed by atoms with Crippen molar-refractivity contribution in [3.63, 3.8) is 0 Å². The number of anilines is 1. The molecule has 29 heavy (non-hydrogen) atoms. The maximum Gasteiger partial charge on any atom is 0.227 e. The molecule has 0 bridgehead atoms.